The third-order valence-electron chi connectivity index (χ3n) is 5.20. The highest BCUT2D eigenvalue weighted by molar-refractivity contribution is 7.71. The average Bonchev–Trinajstić information content (AvgIpc) is 3.07. The van der Waals surface area contributed by atoms with E-state index in [1.165, 1.54) is 29.2 Å². The van der Waals surface area contributed by atoms with Gasteiger partial charge in [-0.2, -0.15) is 5.10 Å². The van der Waals surface area contributed by atoms with Crippen molar-refractivity contribution in [3.05, 3.63) is 70.5 Å². The summed E-state index contributed by atoms with van der Waals surface area (Å²) in [5, 5.41) is 9.97. The minimum atomic E-state index is 0.581. The van der Waals surface area contributed by atoms with E-state index in [4.69, 9.17) is 18.0 Å². The van der Waals surface area contributed by atoms with Crippen LogP contribution in [-0.2, 0) is 6.42 Å². The van der Waals surface area contributed by atoms with Crippen molar-refractivity contribution in [1.82, 2.24) is 14.8 Å². The number of fused-ring (bicyclic) bond motifs is 1. The Morgan fingerprint density at radius 3 is 2.61 bits per heavy atom. The van der Waals surface area contributed by atoms with E-state index < -0.39 is 0 Å². The van der Waals surface area contributed by atoms with Crippen molar-refractivity contribution < 1.29 is 0 Å². The first-order valence-corrected chi connectivity index (χ1v) is 10.1. The topological polar surface area (TPSA) is 59.6 Å². The number of rotatable bonds is 5. The maximum atomic E-state index is 5.94. The molecule has 28 heavy (non-hydrogen) atoms. The highest BCUT2D eigenvalue weighted by Gasteiger charge is 2.16. The first-order valence-electron chi connectivity index (χ1n) is 9.65. The van der Waals surface area contributed by atoms with Crippen LogP contribution in [0.1, 0.15) is 30.9 Å². The molecular formula is C23H24N4S. The molecule has 0 aliphatic rings. The van der Waals surface area contributed by atoms with Crippen molar-refractivity contribution in [1.29, 1.82) is 0 Å². The molecule has 0 bridgehead atoms. The summed E-state index contributed by atoms with van der Waals surface area (Å²) in [5.74, 6) is 0.800. The number of hydrogen-bond acceptors (Lipinski definition) is 3. The van der Waals surface area contributed by atoms with Gasteiger partial charge in [0.2, 0.25) is 0 Å². The van der Waals surface area contributed by atoms with Crippen LogP contribution in [0.2, 0.25) is 0 Å². The number of aryl methyl sites for hydroxylation is 2. The summed E-state index contributed by atoms with van der Waals surface area (Å²) in [6.45, 7) is 4.27. The number of nitrogens with two attached hydrogens (primary N) is 1. The van der Waals surface area contributed by atoms with Crippen LogP contribution in [0.15, 0.2) is 54.6 Å². The lowest BCUT2D eigenvalue weighted by atomic mass is 9.98. The molecule has 0 aliphatic carbocycles. The van der Waals surface area contributed by atoms with Crippen LogP contribution in [0.5, 0.6) is 0 Å². The fraction of sp³-hybridized carbons (Fsp3) is 0.217. The number of nitrogen functional groups attached to an aromatic ring is 1. The van der Waals surface area contributed by atoms with Crippen LogP contribution >= 0.6 is 12.2 Å². The second-order valence-corrected chi connectivity index (χ2v) is 7.54. The van der Waals surface area contributed by atoms with Crippen LogP contribution in [0.3, 0.4) is 0 Å². The molecule has 4 nitrogen and oxygen atoms in total. The van der Waals surface area contributed by atoms with E-state index in [1.54, 1.807) is 0 Å². The van der Waals surface area contributed by atoms with Crippen LogP contribution in [0, 0.1) is 11.7 Å². The van der Waals surface area contributed by atoms with Gasteiger partial charge in [-0.25, -0.2) is 0 Å². The highest BCUT2D eigenvalue weighted by Crippen LogP contribution is 2.31. The van der Waals surface area contributed by atoms with Crippen LogP contribution < -0.4 is 5.73 Å². The zero-order valence-electron chi connectivity index (χ0n) is 16.2. The predicted octanol–water partition coefficient (Wildman–Crippen LogP) is 5.98. The Morgan fingerprint density at radius 2 is 1.86 bits per heavy atom. The average molecular weight is 389 g/mol. The largest absolute Gasteiger partial charge is 0.399 e. The number of nitrogens with one attached hydrogen (secondary N) is 1. The lowest BCUT2D eigenvalue weighted by Crippen LogP contribution is -2.01. The molecule has 3 aromatic carbocycles. The zero-order valence-corrected chi connectivity index (χ0v) is 17.0. The Kier molecular flexibility index (Phi) is 5.01. The van der Waals surface area contributed by atoms with Crippen molar-refractivity contribution in [3.8, 4) is 17.1 Å². The molecule has 0 radical (unpaired) electrons. The fourth-order valence-electron chi connectivity index (χ4n) is 3.76. The molecule has 0 saturated heterocycles. The van der Waals surface area contributed by atoms with Crippen LogP contribution in [-0.4, -0.2) is 14.8 Å². The quantitative estimate of drug-likeness (QED) is 0.326. The van der Waals surface area contributed by atoms with E-state index in [0.29, 0.717) is 4.77 Å². The molecule has 0 amide bonds. The number of unbranched alkanes of at least 4 members (excludes halogenated alkanes) is 1. The number of nitrogens with zero attached hydrogens (tertiary/aromatic N) is 2. The van der Waals surface area contributed by atoms with Gasteiger partial charge in [0.25, 0.3) is 0 Å². The molecular weight excluding hydrogens is 364 g/mol. The standard InChI is InChI=1S/C23H24N4S/c1-3-4-7-16-10-13-21(20-9-6-5-8-19(16)20)27-22(25-26-23(27)28)18-12-11-17(24)14-15(18)2/h5-6,8-14H,3-4,7,24H2,1-2H3,(H,26,28). The van der Waals surface area contributed by atoms with Gasteiger partial charge in [-0.05, 0) is 72.8 Å². The van der Waals surface area contributed by atoms with E-state index in [2.05, 4.69) is 53.5 Å². The van der Waals surface area contributed by atoms with Crippen LogP contribution in [0.4, 0.5) is 5.69 Å². The number of benzene rings is 3. The Bertz CT molecular complexity index is 1200. The molecule has 0 unspecified atom stereocenters. The van der Waals surface area contributed by atoms with Gasteiger partial charge in [0.05, 0.1) is 5.69 Å². The predicted molar refractivity (Wildman–Crippen MR) is 119 cm³/mol. The molecule has 1 heterocycles. The van der Waals surface area contributed by atoms with Crippen molar-refractivity contribution in [2.75, 3.05) is 5.73 Å². The molecule has 0 saturated carbocycles. The zero-order chi connectivity index (χ0) is 19.7. The lowest BCUT2D eigenvalue weighted by molar-refractivity contribution is 0.799. The number of H-pyrrole nitrogens is 1. The molecule has 0 fully saturated rings. The van der Waals surface area contributed by atoms with Gasteiger partial charge >= 0.3 is 0 Å². The smallest absolute Gasteiger partial charge is 0.200 e. The number of anilines is 1. The Hall–Kier alpha value is -2.92. The monoisotopic (exact) mass is 388 g/mol. The highest BCUT2D eigenvalue weighted by atomic mass is 32.1. The van der Waals surface area contributed by atoms with Gasteiger partial charge in [-0.3, -0.25) is 9.67 Å². The molecule has 3 N–H and O–H groups in total. The van der Waals surface area contributed by atoms with E-state index in [-0.39, 0.29) is 0 Å². The molecule has 4 aromatic rings. The summed E-state index contributed by atoms with van der Waals surface area (Å²) in [4.78, 5) is 0. The summed E-state index contributed by atoms with van der Waals surface area (Å²) >= 11 is 5.61. The number of hydrogen-bond donors (Lipinski definition) is 2. The lowest BCUT2D eigenvalue weighted by Gasteiger charge is -2.14. The Morgan fingerprint density at radius 1 is 1.07 bits per heavy atom. The molecule has 1 aromatic heterocycles. The normalized spacial score (nSPS) is 11.2. The van der Waals surface area contributed by atoms with Crippen molar-refractivity contribution in [3.63, 3.8) is 0 Å². The van der Waals surface area contributed by atoms with Crippen molar-refractivity contribution in [2.24, 2.45) is 0 Å². The molecule has 0 aliphatic heterocycles. The maximum Gasteiger partial charge on any atom is 0.200 e. The summed E-state index contributed by atoms with van der Waals surface area (Å²) in [6, 6.07) is 18.8. The molecule has 0 atom stereocenters. The first kappa shape index (κ1) is 18.4. The van der Waals surface area contributed by atoms with Gasteiger partial charge in [0.15, 0.2) is 10.6 Å². The summed E-state index contributed by atoms with van der Waals surface area (Å²) < 4.78 is 2.61. The summed E-state index contributed by atoms with van der Waals surface area (Å²) in [6.07, 6.45) is 3.45. The molecule has 0 spiro atoms. The number of aromatic nitrogens is 3. The van der Waals surface area contributed by atoms with E-state index in [0.717, 1.165) is 34.7 Å². The van der Waals surface area contributed by atoms with Crippen molar-refractivity contribution >= 4 is 28.7 Å². The second-order valence-electron chi connectivity index (χ2n) is 7.16. The van der Waals surface area contributed by atoms with Gasteiger partial charge in [-0.15, -0.1) is 0 Å². The third-order valence-corrected chi connectivity index (χ3v) is 5.47. The van der Waals surface area contributed by atoms with Gasteiger partial charge in [0.1, 0.15) is 0 Å². The minimum absolute atomic E-state index is 0.581. The van der Waals surface area contributed by atoms with E-state index in [9.17, 15) is 0 Å². The van der Waals surface area contributed by atoms with Crippen LogP contribution in [0.25, 0.3) is 27.8 Å². The van der Waals surface area contributed by atoms with E-state index >= 15 is 0 Å². The van der Waals surface area contributed by atoms with E-state index in [1.807, 2.05) is 29.7 Å². The van der Waals surface area contributed by atoms with Crippen molar-refractivity contribution in [2.45, 2.75) is 33.1 Å². The molecule has 142 valence electrons. The second kappa shape index (κ2) is 7.60. The Labute approximate surface area is 170 Å². The first-order chi connectivity index (χ1) is 13.6. The molecule has 4 rings (SSSR count). The van der Waals surface area contributed by atoms with Gasteiger partial charge in [-0.1, -0.05) is 43.7 Å². The maximum absolute atomic E-state index is 5.94. The van der Waals surface area contributed by atoms with Gasteiger partial charge in [0, 0.05) is 16.6 Å². The number of aromatic amines is 1. The SMILES string of the molecule is CCCCc1ccc(-n2c(-c3ccc(N)cc3C)n[nH]c2=S)c2ccccc12. The molecule has 5 heteroatoms. The Balaban J connectivity index is 1.95. The fourth-order valence-corrected chi connectivity index (χ4v) is 4.00. The summed E-state index contributed by atoms with van der Waals surface area (Å²) in [7, 11) is 0. The summed E-state index contributed by atoms with van der Waals surface area (Å²) in [5.41, 5.74) is 11.2. The minimum Gasteiger partial charge on any atom is -0.399 e. The van der Waals surface area contributed by atoms with Gasteiger partial charge < -0.3 is 5.73 Å². The third kappa shape index (κ3) is 3.22.